The van der Waals surface area contributed by atoms with Crippen LogP contribution in [0.1, 0.15) is 0 Å². The molecule has 43 heavy (non-hydrogen) atoms. The molecule has 0 radical (unpaired) electrons. The SMILES string of the molecule is c1ccc(-c2cc(-c3ccccc3)cc(-c3ccc4c5c3Oc3c(ccc6ccccc36)P5c3ccccc3O4)c2)cc1. The Morgan fingerprint density at radius 2 is 1.05 bits per heavy atom. The minimum absolute atomic E-state index is 0.880. The summed E-state index contributed by atoms with van der Waals surface area (Å²) in [6.07, 6.45) is 0. The fourth-order valence-corrected chi connectivity index (χ4v) is 9.01. The van der Waals surface area contributed by atoms with Crippen molar-refractivity contribution in [1.82, 2.24) is 0 Å². The van der Waals surface area contributed by atoms with Gasteiger partial charge in [0.1, 0.15) is 23.0 Å². The Morgan fingerprint density at radius 3 is 1.81 bits per heavy atom. The summed E-state index contributed by atoms with van der Waals surface area (Å²) in [5, 5.41) is 5.93. The molecule has 0 aromatic heterocycles. The first-order valence-electron chi connectivity index (χ1n) is 14.5. The molecule has 2 nitrogen and oxygen atoms in total. The highest BCUT2D eigenvalue weighted by atomic mass is 31.1. The van der Waals surface area contributed by atoms with Gasteiger partial charge in [0, 0.05) is 29.5 Å². The predicted molar refractivity (Wildman–Crippen MR) is 179 cm³/mol. The van der Waals surface area contributed by atoms with Gasteiger partial charge in [0.15, 0.2) is 0 Å². The third-order valence-electron chi connectivity index (χ3n) is 8.41. The van der Waals surface area contributed by atoms with Gasteiger partial charge in [-0.2, -0.15) is 0 Å². The molecule has 0 N–H and O–H groups in total. The van der Waals surface area contributed by atoms with E-state index < -0.39 is 7.92 Å². The molecule has 2 heterocycles. The number of benzene rings is 7. The molecule has 0 aliphatic carbocycles. The van der Waals surface area contributed by atoms with Crippen molar-refractivity contribution in [2.45, 2.75) is 0 Å². The average Bonchev–Trinajstić information content (AvgIpc) is 3.08. The molecule has 7 aromatic carbocycles. The van der Waals surface area contributed by atoms with Crippen molar-refractivity contribution in [3.8, 4) is 56.4 Å². The summed E-state index contributed by atoms with van der Waals surface area (Å²) < 4.78 is 13.6. The van der Waals surface area contributed by atoms with E-state index in [1.165, 1.54) is 38.2 Å². The lowest BCUT2D eigenvalue weighted by Gasteiger charge is -2.36. The van der Waals surface area contributed by atoms with Gasteiger partial charge in [-0.05, 0) is 75.7 Å². The molecular formula is C40H25O2P. The highest BCUT2D eigenvalue weighted by Crippen LogP contribution is 2.56. The Kier molecular flexibility index (Phi) is 5.51. The van der Waals surface area contributed by atoms with Gasteiger partial charge < -0.3 is 9.47 Å². The van der Waals surface area contributed by atoms with E-state index in [-0.39, 0.29) is 0 Å². The van der Waals surface area contributed by atoms with Crippen molar-refractivity contribution in [2.24, 2.45) is 0 Å². The molecule has 0 spiro atoms. The van der Waals surface area contributed by atoms with E-state index in [0.29, 0.717) is 0 Å². The van der Waals surface area contributed by atoms with Crippen LogP contribution >= 0.6 is 7.92 Å². The summed E-state index contributed by atoms with van der Waals surface area (Å²) in [5.41, 5.74) is 6.91. The second-order valence-electron chi connectivity index (χ2n) is 11.0. The van der Waals surface area contributed by atoms with Gasteiger partial charge >= 0.3 is 0 Å². The summed E-state index contributed by atoms with van der Waals surface area (Å²) >= 11 is 0. The Balaban J connectivity index is 1.32. The molecule has 2 aliphatic rings. The number of para-hydroxylation sites is 1. The monoisotopic (exact) mass is 568 g/mol. The molecule has 2 aliphatic heterocycles. The highest BCUT2D eigenvalue weighted by Gasteiger charge is 2.38. The fraction of sp³-hybridized carbons (Fsp3) is 0. The van der Waals surface area contributed by atoms with E-state index in [0.717, 1.165) is 44.8 Å². The molecule has 0 saturated carbocycles. The van der Waals surface area contributed by atoms with E-state index in [1.54, 1.807) is 0 Å². The van der Waals surface area contributed by atoms with Gasteiger partial charge in [-0.1, -0.05) is 109 Å². The van der Waals surface area contributed by atoms with Gasteiger partial charge in [0.2, 0.25) is 0 Å². The highest BCUT2D eigenvalue weighted by molar-refractivity contribution is 7.80. The first-order valence-corrected chi connectivity index (χ1v) is 15.9. The molecule has 0 bridgehead atoms. The van der Waals surface area contributed by atoms with Gasteiger partial charge in [-0.15, -0.1) is 0 Å². The number of rotatable bonds is 3. The molecular weight excluding hydrogens is 543 g/mol. The first kappa shape index (κ1) is 24.4. The third kappa shape index (κ3) is 3.91. The van der Waals surface area contributed by atoms with Crippen LogP contribution in [0.2, 0.25) is 0 Å². The molecule has 0 amide bonds. The maximum absolute atomic E-state index is 7.07. The van der Waals surface area contributed by atoms with Gasteiger partial charge in [0.25, 0.3) is 0 Å². The maximum Gasteiger partial charge on any atom is 0.147 e. The minimum atomic E-state index is -0.884. The van der Waals surface area contributed by atoms with Crippen LogP contribution in [0.3, 0.4) is 0 Å². The normalized spacial score (nSPS) is 14.2. The molecule has 0 saturated heterocycles. The molecule has 202 valence electrons. The van der Waals surface area contributed by atoms with Crippen LogP contribution in [0, 0.1) is 0 Å². The van der Waals surface area contributed by atoms with Gasteiger partial charge in [-0.3, -0.25) is 0 Å². The average molecular weight is 569 g/mol. The number of ether oxygens (including phenoxy) is 2. The van der Waals surface area contributed by atoms with Crippen LogP contribution < -0.4 is 25.4 Å². The van der Waals surface area contributed by atoms with E-state index in [2.05, 4.69) is 152 Å². The van der Waals surface area contributed by atoms with Crippen molar-refractivity contribution < 1.29 is 9.47 Å². The zero-order valence-corrected chi connectivity index (χ0v) is 24.1. The van der Waals surface area contributed by atoms with Crippen molar-refractivity contribution in [3.63, 3.8) is 0 Å². The third-order valence-corrected chi connectivity index (χ3v) is 11.0. The van der Waals surface area contributed by atoms with Crippen molar-refractivity contribution >= 4 is 34.6 Å². The number of fused-ring (bicyclic) bond motifs is 6. The van der Waals surface area contributed by atoms with Crippen LogP contribution in [-0.4, -0.2) is 0 Å². The molecule has 3 heteroatoms. The molecule has 1 unspecified atom stereocenters. The smallest absolute Gasteiger partial charge is 0.147 e. The van der Waals surface area contributed by atoms with Gasteiger partial charge in [-0.25, -0.2) is 0 Å². The van der Waals surface area contributed by atoms with Crippen molar-refractivity contribution in [2.75, 3.05) is 0 Å². The quantitative estimate of drug-likeness (QED) is 0.198. The van der Waals surface area contributed by atoms with Gasteiger partial charge in [0.05, 0.1) is 5.30 Å². The van der Waals surface area contributed by atoms with E-state index in [4.69, 9.17) is 9.47 Å². The fourth-order valence-electron chi connectivity index (χ4n) is 6.39. The number of hydrogen-bond donors (Lipinski definition) is 0. The summed E-state index contributed by atoms with van der Waals surface area (Å²) in [5.74, 6) is 3.66. The van der Waals surface area contributed by atoms with Crippen LogP contribution in [0.5, 0.6) is 23.0 Å². The topological polar surface area (TPSA) is 18.5 Å². The second-order valence-corrected chi connectivity index (χ2v) is 13.0. The maximum atomic E-state index is 7.07. The Morgan fingerprint density at radius 1 is 0.395 bits per heavy atom. The van der Waals surface area contributed by atoms with Crippen molar-refractivity contribution in [1.29, 1.82) is 0 Å². The lowest BCUT2D eigenvalue weighted by Crippen LogP contribution is -2.32. The van der Waals surface area contributed by atoms with Crippen LogP contribution in [0.4, 0.5) is 0 Å². The minimum Gasteiger partial charge on any atom is -0.456 e. The molecule has 0 fully saturated rings. The van der Waals surface area contributed by atoms with Crippen LogP contribution in [0.15, 0.2) is 152 Å². The zero-order valence-electron chi connectivity index (χ0n) is 23.2. The summed E-state index contributed by atoms with van der Waals surface area (Å²) in [6, 6.07) is 53.9. The summed E-state index contributed by atoms with van der Waals surface area (Å²) in [7, 11) is -0.884. The van der Waals surface area contributed by atoms with Crippen molar-refractivity contribution in [3.05, 3.63) is 152 Å². The summed E-state index contributed by atoms with van der Waals surface area (Å²) in [6.45, 7) is 0. The summed E-state index contributed by atoms with van der Waals surface area (Å²) in [4.78, 5) is 0. The Labute approximate surface area is 251 Å². The van der Waals surface area contributed by atoms with E-state index in [1.807, 2.05) is 0 Å². The second kappa shape index (κ2) is 9.70. The van der Waals surface area contributed by atoms with Crippen LogP contribution in [0.25, 0.3) is 44.2 Å². The predicted octanol–water partition coefficient (Wildman–Crippen LogP) is 9.81. The Bertz CT molecular complexity index is 2130. The lowest BCUT2D eigenvalue weighted by molar-refractivity contribution is 0.470. The molecule has 7 aromatic rings. The Hall–Kier alpha value is -5.17. The lowest BCUT2D eigenvalue weighted by atomic mass is 9.93. The van der Waals surface area contributed by atoms with E-state index >= 15 is 0 Å². The molecule has 1 atom stereocenters. The zero-order chi connectivity index (χ0) is 28.3. The number of hydrogen-bond acceptors (Lipinski definition) is 2. The van der Waals surface area contributed by atoms with Crippen LogP contribution in [-0.2, 0) is 0 Å². The first-order chi connectivity index (χ1) is 21.3. The van der Waals surface area contributed by atoms with E-state index in [9.17, 15) is 0 Å². The standard InChI is InChI=1S/C40H25O2P/c1-3-11-26(12-4-1)29-23-30(27-13-5-2-6-14-27)25-31(24-29)33-20-21-35-40-39(33)42-38-32-16-8-7-15-28(32)19-22-37(38)43(40)36-18-10-9-17-34(36)41-35/h1-25H. The molecule has 9 rings (SSSR count). The largest absolute Gasteiger partial charge is 0.456 e.